The molecule has 2 heterocycles. The quantitative estimate of drug-likeness (QED) is 0.663. The van der Waals surface area contributed by atoms with Crippen molar-refractivity contribution in [3.63, 3.8) is 0 Å². The van der Waals surface area contributed by atoms with Crippen molar-refractivity contribution in [3.05, 3.63) is 27.6 Å². The van der Waals surface area contributed by atoms with Gasteiger partial charge in [-0.1, -0.05) is 34.5 Å². The van der Waals surface area contributed by atoms with E-state index < -0.39 is 16.9 Å². The molecule has 1 atom stereocenters. The summed E-state index contributed by atoms with van der Waals surface area (Å²) in [7, 11) is 1.56. The first-order chi connectivity index (χ1) is 10.8. The van der Waals surface area contributed by atoms with E-state index in [2.05, 4.69) is 10.1 Å². The van der Waals surface area contributed by atoms with Gasteiger partial charge in [-0.05, 0) is 6.07 Å². The minimum absolute atomic E-state index is 0.101. The van der Waals surface area contributed by atoms with Gasteiger partial charge in [0.15, 0.2) is 16.2 Å². The zero-order valence-electron chi connectivity index (χ0n) is 11.5. The third kappa shape index (κ3) is 2.83. The maximum atomic E-state index is 14.5. The van der Waals surface area contributed by atoms with Gasteiger partial charge in [-0.2, -0.15) is 5.10 Å². The fourth-order valence-electron chi connectivity index (χ4n) is 2.22. The Hall–Kier alpha value is -1.26. The van der Waals surface area contributed by atoms with Gasteiger partial charge in [0, 0.05) is 7.05 Å². The monoisotopic (exact) mass is 394 g/mol. The predicted molar refractivity (Wildman–Crippen MR) is 90.7 cm³/mol. The summed E-state index contributed by atoms with van der Waals surface area (Å²) < 4.78 is 36.4. The summed E-state index contributed by atoms with van der Waals surface area (Å²) in [6, 6.07) is 1.12. The number of nitrogen functional groups attached to an aromatic ring is 1. The highest BCUT2D eigenvalue weighted by Gasteiger charge is 2.24. The highest BCUT2D eigenvalue weighted by molar-refractivity contribution is 7.78. The van der Waals surface area contributed by atoms with Gasteiger partial charge >= 0.3 is 0 Å². The Balaban J connectivity index is 2.31. The Morgan fingerprint density at radius 3 is 2.87 bits per heavy atom. The molecule has 0 aliphatic carbocycles. The molecule has 3 N–H and O–H groups in total. The van der Waals surface area contributed by atoms with Crippen LogP contribution in [0.25, 0.3) is 21.5 Å². The molecule has 0 aliphatic rings. The van der Waals surface area contributed by atoms with E-state index >= 15 is 0 Å². The van der Waals surface area contributed by atoms with Gasteiger partial charge < -0.3 is 10.3 Å². The van der Waals surface area contributed by atoms with Gasteiger partial charge in [-0.15, -0.1) is 0 Å². The second-order valence-electron chi connectivity index (χ2n) is 4.64. The van der Waals surface area contributed by atoms with Gasteiger partial charge in [0.25, 0.3) is 0 Å². The van der Waals surface area contributed by atoms with E-state index in [1.165, 1.54) is 4.68 Å². The highest BCUT2D eigenvalue weighted by Crippen LogP contribution is 2.42. The summed E-state index contributed by atoms with van der Waals surface area (Å²) in [4.78, 5) is 4.08. The number of nitrogens with zero attached hydrogens (tertiary/aromatic N) is 3. The van der Waals surface area contributed by atoms with E-state index in [9.17, 15) is 8.60 Å². The molecular formula is C12H9Cl2FN4O2S2. The molecule has 0 amide bonds. The van der Waals surface area contributed by atoms with E-state index in [1.807, 2.05) is 0 Å². The van der Waals surface area contributed by atoms with Crippen molar-refractivity contribution in [2.75, 3.05) is 5.73 Å². The molecule has 1 aromatic carbocycles. The number of anilines is 1. The molecule has 0 spiro atoms. The van der Waals surface area contributed by atoms with Crippen LogP contribution in [-0.2, 0) is 23.9 Å². The van der Waals surface area contributed by atoms with Crippen molar-refractivity contribution in [1.82, 2.24) is 14.8 Å². The molecule has 0 radical (unpaired) electrons. The van der Waals surface area contributed by atoms with Crippen LogP contribution in [0.4, 0.5) is 9.52 Å². The minimum Gasteiger partial charge on any atom is -0.375 e. The van der Waals surface area contributed by atoms with Gasteiger partial charge in [0.2, 0.25) is 0 Å². The maximum absolute atomic E-state index is 14.5. The second kappa shape index (κ2) is 5.99. The lowest BCUT2D eigenvalue weighted by atomic mass is 10.1. The standard InChI is InChI=1S/C12H9Cl2FN4O2S2/c1-19-6(3-23(20)21)8(14)10(18-19)7-5(15)2-4(13)9-11(7)22-12(16)17-9/h2H,3H2,1H3,(H2,16,17)(H,20,21). The van der Waals surface area contributed by atoms with Crippen molar-refractivity contribution in [2.24, 2.45) is 7.05 Å². The summed E-state index contributed by atoms with van der Waals surface area (Å²) in [5.41, 5.74) is 6.64. The van der Waals surface area contributed by atoms with Crippen molar-refractivity contribution in [1.29, 1.82) is 0 Å². The molecule has 0 fully saturated rings. The summed E-state index contributed by atoms with van der Waals surface area (Å²) >= 11 is 11.2. The number of rotatable bonds is 3. The highest BCUT2D eigenvalue weighted by atomic mass is 35.5. The third-order valence-corrected chi connectivity index (χ3v) is 5.30. The molecule has 3 aromatic rings. The topological polar surface area (TPSA) is 94.0 Å². The Labute approximate surface area is 146 Å². The number of aromatic nitrogens is 3. The SMILES string of the molecule is Cn1nc(-c2c(F)cc(Cl)c3nc(N)sc23)c(Cl)c1CS(=O)O. The number of benzene rings is 1. The largest absolute Gasteiger partial charge is 0.375 e. The molecule has 0 aliphatic heterocycles. The van der Waals surface area contributed by atoms with Crippen LogP contribution in [0.2, 0.25) is 10.0 Å². The van der Waals surface area contributed by atoms with Crippen molar-refractivity contribution < 1.29 is 13.2 Å². The number of aryl methyl sites for hydroxylation is 1. The Morgan fingerprint density at radius 2 is 2.22 bits per heavy atom. The summed E-state index contributed by atoms with van der Waals surface area (Å²) in [6.45, 7) is 0. The average molecular weight is 395 g/mol. The van der Waals surface area contributed by atoms with E-state index in [4.69, 9.17) is 33.5 Å². The van der Waals surface area contributed by atoms with Crippen LogP contribution in [-0.4, -0.2) is 23.5 Å². The number of halogens is 3. The summed E-state index contributed by atoms with van der Waals surface area (Å²) in [5.74, 6) is -0.839. The molecule has 3 rings (SSSR count). The third-order valence-electron chi connectivity index (χ3n) is 3.19. The molecule has 1 unspecified atom stereocenters. The lowest BCUT2D eigenvalue weighted by Gasteiger charge is -2.03. The summed E-state index contributed by atoms with van der Waals surface area (Å²) in [5, 5.41) is 4.65. The first-order valence-corrected chi connectivity index (χ1v) is 8.97. The van der Waals surface area contributed by atoms with Crippen LogP contribution in [0, 0.1) is 5.82 Å². The lowest BCUT2D eigenvalue weighted by molar-refractivity contribution is 0.560. The zero-order chi connectivity index (χ0) is 16.9. The Morgan fingerprint density at radius 1 is 1.52 bits per heavy atom. The average Bonchev–Trinajstić information content (AvgIpc) is 2.95. The predicted octanol–water partition coefficient (Wildman–Crippen LogP) is 3.45. The number of hydrogen-bond acceptors (Lipinski definition) is 5. The van der Waals surface area contributed by atoms with E-state index in [0.717, 1.165) is 17.4 Å². The second-order valence-corrected chi connectivity index (χ2v) is 7.39. The molecule has 0 saturated heterocycles. The maximum Gasteiger partial charge on any atom is 0.181 e. The number of thiazole rings is 1. The van der Waals surface area contributed by atoms with Crippen molar-refractivity contribution >= 4 is 61.0 Å². The lowest BCUT2D eigenvalue weighted by Crippen LogP contribution is -2.02. The molecular weight excluding hydrogens is 386 g/mol. The number of fused-ring (bicyclic) bond motifs is 1. The van der Waals surface area contributed by atoms with Crippen LogP contribution < -0.4 is 5.73 Å². The van der Waals surface area contributed by atoms with Crippen LogP contribution >= 0.6 is 34.5 Å². The Kier molecular flexibility index (Phi) is 4.32. The smallest absolute Gasteiger partial charge is 0.181 e. The molecule has 0 saturated carbocycles. The number of nitrogens with two attached hydrogens (primary N) is 1. The number of hydrogen-bond donors (Lipinski definition) is 2. The first-order valence-electron chi connectivity index (χ1n) is 6.12. The van der Waals surface area contributed by atoms with Gasteiger partial charge in [0.1, 0.15) is 17.0 Å². The molecule has 6 nitrogen and oxygen atoms in total. The molecule has 0 bridgehead atoms. The molecule has 2 aromatic heterocycles. The minimum atomic E-state index is -2.10. The van der Waals surface area contributed by atoms with Gasteiger partial charge in [0.05, 0.1) is 31.8 Å². The van der Waals surface area contributed by atoms with Crippen LogP contribution in [0.3, 0.4) is 0 Å². The van der Waals surface area contributed by atoms with Crippen LogP contribution in [0.5, 0.6) is 0 Å². The van der Waals surface area contributed by atoms with E-state index in [-0.39, 0.29) is 32.2 Å². The fraction of sp³-hybridized carbons (Fsp3) is 0.167. The molecule has 23 heavy (non-hydrogen) atoms. The molecule has 122 valence electrons. The van der Waals surface area contributed by atoms with Crippen molar-refractivity contribution in [3.8, 4) is 11.3 Å². The normalized spacial score (nSPS) is 12.9. The summed E-state index contributed by atoms with van der Waals surface area (Å²) in [6.07, 6.45) is 0. The first kappa shape index (κ1) is 16.6. The van der Waals surface area contributed by atoms with Gasteiger partial charge in [-0.25, -0.2) is 13.6 Å². The Bertz CT molecular complexity index is 957. The van der Waals surface area contributed by atoms with Crippen LogP contribution in [0.1, 0.15) is 5.69 Å². The van der Waals surface area contributed by atoms with E-state index in [0.29, 0.717) is 15.9 Å². The zero-order valence-corrected chi connectivity index (χ0v) is 14.7. The fourth-order valence-corrected chi connectivity index (χ4v) is 4.36. The van der Waals surface area contributed by atoms with E-state index in [1.54, 1.807) is 7.05 Å². The van der Waals surface area contributed by atoms with Gasteiger partial charge in [-0.3, -0.25) is 4.68 Å². The molecule has 11 heteroatoms. The van der Waals surface area contributed by atoms with Crippen molar-refractivity contribution in [2.45, 2.75) is 5.75 Å². The van der Waals surface area contributed by atoms with Crippen LogP contribution in [0.15, 0.2) is 6.07 Å².